The minimum Gasteiger partial charge on any atom is -0.330 e. The Morgan fingerprint density at radius 2 is 2.05 bits per heavy atom. The minimum absolute atomic E-state index is 0.643. The second-order valence-corrected chi connectivity index (χ2v) is 5.98. The Morgan fingerprint density at radius 1 is 1.26 bits per heavy atom. The normalized spacial score (nSPS) is 11.1. The van der Waals surface area contributed by atoms with E-state index in [2.05, 4.69) is 27.0 Å². The van der Waals surface area contributed by atoms with Gasteiger partial charge in [0.1, 0.15) is 0 Å². The number of benzene rings is 2. The lowest BCUT2D eigenvalue weighted by atomic mass is 10.2. The van der Waals surface area contributed by atoms with Crippen molar-refractivity contribution >= 4 is 50.8 Å². The molecule has 1 aromatic heterocycles. The number of para-hydroxylation sites is 1. The number of fused-ring (bicyclic) bond motifs is 1. The predicted molar refractivity (Wildman–Crippen MR) is 85.9 cm³/mol. The first kappa shape index (κ1) is 12.9. The molecule has 2 aromatic carbocycles. The third-order valence-corrected chi connectivity index (χ3v) is 4.53. The summed E-state index contributed by atoms with van der Waals surface area (Å²) in [6.45, 7) is 2.05. The number of nitrogens with zero attached hydrogens (tertiary/aromatic N) is 1. The van der Waals surface area contributed by atoms with E-state index >= 15 is 0 Å². The van der Waals surface area contributed by atoms with Gasteiger partial charge >= 0.3 is 0 Å². The van der Waals surface area contributed by atoms with E-state index in [9.17, 15) is 0 Å². The summed E-state index contributed by atoms with van der Waals surface area (Å²) in [4.78, 5) is 3.18. The molecule has 5 heteroatoms. The molecule has 0 unspecified atom stereocenters. The van der Waals surface area contributed by atoms with Gasteiger partial charge in [0.2, 0.25) is 0 Å². The first-order valence-electron chi connectivity index (χ1n) is 5.73. The average molecular weight is 354 g/mol. The van der Waals surface area contributed by atoms with Gasteiger partial charge in [-0.25, -0.2) is 0 Å². The van der Waals surface area contributed by atoms with Crippen LogP contribution in [0.25, 0.3) is 16.7 Å². The van der Waals surface area contributed by atoms with E-state index < -0.39 is 0 Å². The number of imidazole rings is 1. The molecule has 0 aliphatic heterocycles. The Hall–Kier alpha value is -1.10. The van der Waals surface area contributed by atoms with Crippen molar-refractivity contribution in [1.82, 2.24) is 9.55 Å². The van der Waals surface area contributed by atoms with Gasteiger partial charge < -0.3 is 4.98 Å². The van der Waals surface area contributed by atoms with Crippen LogP contribution in [0.5, 0.6) is 0 Å². The highest BCUT2D eigenvalue weighted by Crippen LogP contribution is 2.28. The van der Waals surface area contributed by atoms with Crippen molar-refractivity contribution in [3.63, 3.8) is 0 Å². The number of hydrogen-bond acceptors (Lipinski definition) is 1. The molecule has 0 radical (unpaired) electrons. The van der Waals surface area contributed by atoms with Gasteiger partial charge in [0.15, 0.2) is 4.77 Å². The summed E-state index contributed by atoms with van der Waals surface area (Å²) < 4.78 is 3.69. The van der Waals surface area contributed by atoms with Crippen LogP contribution in [0, 0.1) is 11.7 Å². The Balaban J connectivity index is 2.39. The van der Waals surface area contributed by atoms with E-state index in [4.69, 9.17) is 23.8 Å². The second-order valence-electron chi connectivity index (χ2n) is 4.34. The highest BCUT2D eigenvalue weighted by atomic mass is 79.9. The fourth-order valence-electron chi connectivity index (χ4n) is 2.13. The smallest absolute Gasteiger partial charge is 0.182 e. The Labute approximate surface area is 129 Å². The van der Waals surface area contributed by atoms with Gasteiger partial charge in [-0.1, -0.05) is 33.6 Å². The number of aromatic nitrogens is 2. The van der Waals surface area contributed by atoms with Gasteiger partial charge in [-0.15, -0.1) is 0 Å². The van der Waals surface area contributed by atoms with Crippen molar-refractivity contribution < 1.29 is 0 Å². The van der Waals surface area contributed by atoms with Crippen molar-refractivity contribution in [3.05, 3.63) is 56.2 Å². The molecular formula is C14H10BrClN2S. The average Bonchev–Trinajstić information content (AvgIpc) is 2.70. The standard InChI is InChI=1S/C14H10BrClN2S/c1-8-7-9(5-6-10(8)15)18-13-11(16)3-2-4-12(13)17-14(18)19/h2-7H,1H3,(H,17,19). The summed E-state index contributed by atoms with van der Waals surface area (Å²) in [6.07, 6.45) is 0. The molecule has 0 saturated carbocycles. The number of halogens is 2. The number of aromatic amines is 1. The van der Waals surface area contributed by atoms with Crippen LogP contribution in [0.1, 0.15) is 5.56 Å². The predicted octanol–water partition coefficient (Wildman–Crippen LogP) is 5.41. The minimum atomic E-state index is 0.643. The molecule has 96 valence electrons. The fourth-order valence-corrected chi connectivity index (χ4v) is 2.94. The zero-order valence-corrected chi connectivity index (χ0v) is 13.2. The van der Waals surface area contributed by atoms with Crippen molar-refractivity contribution in [3.8, 4) is 5.69 Å². The zero-order valence-electron chi connectivity index (χ0n) is 10.1. The molecule has 0 spiro atoms. The van der Waals surface area contributed by atoms with Crippen molar-refractivity contribution in [2.75, 3.05) is 0 Å². The quantitative estimate of drug-likeness (QED) is 0.580. The Bertz CT molecular complexity index is 835. The molecule has 2 nitrogen and oxygen atoms in total. The fraction of sp³-hybridized carbons (Fsp3) is 0.0714. The molecule has 0 atom stereocenters. The van der Waals surface area contributed by atoms with Crippen LogP contribution < -0.4 is 0 Å². The lowest BCUT2D eigenvalue weighted by Gasteiger charge is -2.07. The molecular weight excluding hydrogens is 344 g/mol. The summed E-state index contributed by atoms with van der Waals surface area (Å²) in [5, 5.41) is 0.686. The topological polar surface area (TPSA) is 20.7 Å². The molecule has 19 heavy (non-hydrogen) atoms. The third kappa shape index (κ3) is 2.14. The van der Waals surface area contributed by atoms with Crippen LogP contribution in [0.2, 0.25) is 5.02 Å². The van der Waals surface area contributed by atoms with Gasteiger partial charge in [-0.05, 0) is 55.0 Å². The number of aryl methyl sites for hydroxylation is 1. The van der Waals surface area contributed by atoms with Gasteiger partial charge in [0.05, 0.1) is 16.1 Å². The van der Waals surface area contributed by atoms with Gasteiger partial charge in [0, 0.05) is 10.2 Å². The molecule has 1 heterocycles. The van der Waals surface area contributed by atoms with Crippen LogP contribution in [-0.4, -0.2) is 9.55 Å². The van der Waals surface area contributed by atoms with Crippen molar-refractivity contribution in [1.29, 1.82) is 0 Å². The molecule has 3 aromatic rings. The van der Waals surface area contributed by atoms with E-state index in [0.29, 0.717) is 9.79 Å². The molecule has 0 bridgehead atoms. The second kappa shape index (κ2) is 4.78. The number of hydrogen-bond donors (Lipinski definition) is 1. The molecule has 0 aliphatic rings. The number of nitrogens with one attached hydrogen (secondary N) is 1. The van der Waals surface area contributed by atoms with E-state index in [1.165, 1.54) is 0 Å². The summed E-state index contributed by atoms with van der Waals surface area (Å²) in [5.74, 6) is 0. The van der Waals surface area contributed by atoms with E-state index in [1.54, 1.807) is 0 Å². The highest BCUT2D eigenvalue weighted by Gasteiger charge is 2.10. The summed E-state index contributed by atoms with van der Waals surface area (Å²) >= 11 is 15.2. The van der Waals surface area contributed by atoms with Gasteiger partial charge in [-0.3, -0.25) is 4.57 Å². The maximum atomic E-state index is 6.30. The van der Waals surface area contributed by atoms with E-state index in [0.717, 1.165) is 26.8 Å². The summed E-state index contributed by atoms with van der Waals surface area (Å²) in [7, 11) is 0. The lowest BCUT2D eigenvalue weighted by Crippen LogP contribution is -1.95. The van der Waals surface area contributed by atoms with Gasteiger partial charge in [0.25, 0.3) is 0 Å². The molecule has 0 fully saturated rings. The van der Waals surface area contributed by atoms with Crippen molar-refractivity contribution in [2.45, 2.75) is 6.92 Å². The van der Waals surface area contributed by atoms with E-state index in [1.807, 2.05) is 41.8 Å². The van der Waals surface area contributed by atoms with Gasteiger partial charge in [-0.2, -0.15) is 0 Å². The Morgan fingerprint density at radius 3 is 2.79 bits per heavy atom. The lowest BCUT2D eigenvalue weighted by molar-refractivity contribution is 1.06. The maximum absolute atomic E-state index is 6.30. The van der Waals surface area contributed by atoms with Crippen LogP contribution in [0.3, 0.4) is 0 Å². The molecule has 1 N–H and O–H groups in total. The number of rotatable bonds is 1. The summed E-state index contributed by atoms with van der Waals surface area (Å²) in [6, 6.07) is 11.9. The maximum Gasteiger partial charge on any atom is 0.182 e. The molecule has 0 saturated heterocycles. The molecule has 0 aliphatic carbocycles. The number of H-pyrrole nitrogens is 1. The van der Waals surface area contributed by atoms with Crippen LogP contribution in [0.4, 0.5) is 0 Å². The van der Waals surface area contributed by atoms with Crippen LogP contribution >= 0.6 is 39.7 Å². The Kier molecular flexibility index (Phi) is 3.25. The first-order valence-corrected chi connectivity index (χ1v) is 7.31. The van der Waals surface area contributed by atoms with Crippen molar-refractivity contribution in [2.24, 2.45) is 0 Å². The highest BCUT2D eigenvalue weighted by molar-refractivity contribution is 9.10. The summed E-state index contributed by atoms with van der Waals surface area (Å²) in [5.41, 5.74) is 4.01. The van der Waals surface area contributed by atoms with Crippen LogP contribution in [-0.2, 0) is 0 Å². The monoisotopic (exact) mass is 352 g/mol. The molecule has 0 amide bonds. The molecule has 3 rings (SSSR count). The SMILES string of the molecule is Cc1cc(-n2c(=S)[nH]c3cccc(Cl)c32)ccc1Br. The third-order valence-electron chi connectivity index (χ3n) is 3.05. The zero-order chi connectivity index (χ0) is 13.6. The van der Waals surface area contributed by atoms with E-state index in [-0.39, 0.29) is 0 Å². The largest absolute Gasteiger partial charge is 0.330 e. The first-order chi connectivity index (χ1) is 9.08. The van der Waals surface area contributed by atoms with Crippen LogP contribution in [0.15, 0.2) is 40.9 Å².